The molecule has 0 atom stereocenters. The predicted octanol–water partition coefficient (Wildman–Crippen LogP) is 0.745. The number of carbonyl (C=O) groups is 1. The second-order valence-corrected chi connectivity index (χ2v) is 6.30. The van der Waals surface area contributed by atoms with E-state index in [1.807, 2.05) is 14.1 Å². The third-order valence-electron chi connectivity index (χ3n) is 3.22. The lowest BCUT2D eigenvalue weighted by atomic mass is 10.4. The van der Waals surface area contributed by atoms with Crippen LogP contribution in [0.4, 0.5) is 0 Å². The number of hydrogen-bond donors (Lipinski definition) is 1. The molecule has 108 valence electrons. The quantitative estimate of drug-likeness (QED) is 0.796. The van der Waals surface area contributed by atoms with Gasteiger partial charge in [0.15, 0.2) is 5.82 Å². The van der Waals surface area contributed by atoms with Crippen molar-refractivity contribution in [3.05, 3.63) is 10.8 Å². The molecule has 2 aromatic heterocycles. The zero-order chi connectivity index (χ0) is 14.1. The van der Waals surface area contributed by atoms with Gasteiger partial charge in [-0.2, -0.15) is 4.52 Å². The lowest BCUT2D eigenvalue weighted by molar-refractivity contribution is 0.0951. The summed E-state index contributed by atoms with van der Waals surface area (Å²) in [6.07, 6.45) is 3.21. The maximum Gasteiger partial charge on any atom is 0.282 e. The lowest BCUT2D eigenvalue weighted by Crippen LogP contribution is -2.27. The molecule has 0 saturated heterocycles. The van der Waals surface area contributed by atoms with Crippen LogP contribution >= 0.6 is 11.3 Å². The molecule has 0 spiro atoms. The molecule has 20 heavy (non-hydrogen) atoms. The molecule has 1 amide bonds. The molecule has 0 bridgehead atoms. The zero-order valence-electron chi connectivity index (χ0n) is 11.7. The molecule has 0 aliphatic heterocycles. The van der Waals surface area contributed by atoms with Crippen LogP contribution < -0.4 is 5.32 Å². The molecule has 3 rings (SSSR count). The number of fused-ring (bicyclic) bond motifs is 1. The molecule has 2 heterocycles. The first kappa shape index (κ1) is 13.4. The average Bonchev–Trinajstić information content (AvgIpc) is 3.02. The predicted molar refractivity (Wildman–Crippen MR) is 76.1 cm³/mol. The molecule has 0 radical (unpaired) electrons. The van der Waals surface area contributed by atoms with E-state index in [1.54, 1.807) is 4.52 Å². The number of carbonyl (C=O) groups excluding carboxylic acids is 1. The first-order chi connectivity index (χ1) is 9.65. The van der Waals surface area contributed by atoms with Crippen molar-refractivity contribution >= 4 is 22.2 Å². The van der Waals surface area contributed by atoms with E-state index < -0.39 is 0 Å². The molecule has 1 N–H and O–H groups in total. The maximum atomic E-state index is 12.0. The highest BCUT2D eigenvalue weighted by molar-refractivity contribution is 7.18. The minimum atomic E-state index is -0.124. The van der Waals surface area contributed by atoms with E-state index in [-0.39, 0.29) is 5.91 Å². The van der Waals surface area contributed by atoms with Crippen molar-refractivity contribution < 1.29 is 4.79 Å². The molecule has 1 aliphatic rings. The largest absolute Gasteiger partial charge is 0.350 e. The Bertz CT molecular complexity index is 615. The van der Waals surface area contributed by atoms with Gasteiger partial charge in [-0.1, -0.05) is 11.3 Å². The third-order valence-corrected chi connectivity index (χ3v) is 4.12. The van der Waals surface area contributed by atoms with Crippen molar-refractivity contribution in [2.75, 3.05) is 27.2 Å². The van der Waals surface area contributed by atoms with Crippen molar-refractivity contribution in [1.29, 1.82) is 0 Å². The standard InChI is InChI=1S/C12H18N6OS/c1-17(2)7-3-6-13-10(19)11-16-18-9(8-4-5-8)14-15-12(18)20-11/h8H,3-7H2,1-2H3,(H,13,19). The highest BCUT2D eigenvalue weighted by Gasteiger charge is 2.30. The Morgan fingerprint density at radius 2 is 2.25 bits per heavy atom. The van der Waals surface area contributed by atoms with Crippen LogP contribution in [0.5, 0.6) is 0 Å². The maximum absolute atomic E-state index is 12.0. The van der Waals surface area contributed by atoms with Gasteiger partial charge in [-0.25, -0.2) is 0 Å². The summed E-state index contributed by atoms with van der Waals surface area (Å²) in [6.45, 7) is 1.61. The number of nitrogens with zero attached hydrogens (tertiary/aromatic N) is 5. The van der Waals surface area contributed by atoms with Crippen LogP contribution in [0.25, 0.3) is 4.96 Å². The summed E-state index contributed by atoms with van der Waals surface area (Å²) in [5, 5.41) is 15.9. The number of nitrogens with one attached hydrogen (secondary N) is 1. The smallest absolute Gasteiger partial charge is 0.282 e. The summed E-state index contributed by atoms with van der Waals surface area (Å²) in [6, 6.07) is 0. The normalized spacial score (nSPS) is 15.2. The first-order valence-electron chi connectivity index (χ1n) is 6.80. The van der Waals surface area contributed by atoms with Gasteiger partial charge in [-0.3, -0.25) is 4.79 Å². The fourth-order valence-electron chi connectivity index (χ4n) is 1.99. The van der Waals surface area contributed by atoms with Crippen LogP contribution in [0.15, 0.2) is 0 Å². The zero-order valence-corrected chi connectivity index (χ0v) is 12.5. The van der Waals surface area contributed by atoms with Gasteiger partial charge < -0.3 is 10.2 Å². The summed E-state index contributed by atoms with van der Waals surface area (Å²) in [7, 11) is 4.04. The van der Waals surface area contributed by atoms with E-state index in [1.165, 1.54) is 11.3 Å². The molecular weight excluding hydrogens is 276 g/mol. The van der Waals surface area contributed by atoms with E-state index in [9.17, 15) is 4.79 Å². The van der Waals surface area contributed by atoms with Gasteiger partial charge in [0, 0.05) is 12.5 Å². The van der Waals surface area contributed by atoms with Crippen molar-refractivity contribution in [2.45, 2.75) is 25.2 Å². The number of hydrogen-bond acceptors (Lipinski definition) is 6. The van der Waals surface area contributed by atoms with Gasteiger partial charge in [0.25, 0.3) is 5.91 Å². The van der Waals surface area contributed by atoms with Crippen LogP contribution in [0, 0.1) is 0 Å². The van der Waals surface area contributed by atoms with Gasteiger partial charge in [0.1, 0.15) is 0 Å². The molecule has 8 heteroatoms. The topological polar surface area (TPSA) is 75.4 Å². The summed E-state index contributed by atoms with van der Waals surface area (Å²) in [5.74, 6) is 1.24. The molecule has 1 saturated carbocycles. The van der Waals surface area contributed by atoms with Crippen LogP contribution in [-0.4, -0.2) is 57.8 Å². The third kappa shape index (κ3) is 2.80. The summed E-state index contributed by atoms with van der Waals surface area (Å²) in [5.41, 5.74) is 0. The minimum absolute atomic E-state index is 0.124. The van der Waals surface area contributed by atoms with Crippen molar-refractivity contribution in [1.82, 2.24) is 30.0 Å². The molecule has 0 unspecified atom stereocenters. The Morgan fingerprint density at radius 1 is 1.45 bits per heavy atom. The van der Waals surface area contributed by atoms with Gasteiger partial charge in [0.05, 0.1) is 0 Å². The molecule has 1 fully saturated rings. The highest BCUT2D eigenvalue weighted by Crippen LogP contribution is 2.39. The summed E-state index contributed by atoms with van der Waals surface area (Å²) in [4.78, 5) is 14.8. The Morgan fingerprint density at radius 3 is 2.95 bits per heavy atom. The Balaban J connectivity index is 1.63. The lowest BCUT2D eigenvalue weighted by Gasteiger charge is -2.08. The van der Waals surface area contributed by atoms with E-state index in [0.717, 1.165) is 31.6 Å². The fourth-order valence-corrected chi connectivity index (χ4v) is 2.76. The Hall–Kier alpha value is -1.54. The second kappa shape index (κ2) is 5.45. The van der Waals surface area contributed by atoms with Crippen LogP contribution in [-0.2, 0) is 0 Å². The van der Waals surface area contributed by atoms with Crippen LogP contribution in [0.3, 0.4) is 0 Å². The molecular formula is C12H18N6OS. The minimum Gasteiger partial charge on any atom is -0.350 e. The fraction of sp³-hybridized carbons (Fsp3) is 0.667. The SMILES string of the molecule is CN(C)CCCNC(=O)c1nn2c(C3CC3)nnc2s1. The van der Waals surface area contributed by atoms with Gasteiger partial charge in [-0.15, -0.1) is 15.3 Å². The number of amides is 1. The molecule has 2 aromatic rings. The van der Waals surface area contributed by atoms with Crippen molar-refractivity contribution in [3.8, 4) is 0 Å². The van der Waals surface area contributed by atoms with Gasteiger partial charge >= 0.3 is 0 Å². The average molecular weight is 294 g/mol. The van der Waals surface area contributed by atoms with Gasteiger partial charge in [0.2, 0.25) is 9.97 Å². The summed E-state index contributed by atoms with van der Waals surface area (Å²) >= 11 is 1.29. The van der Waals surface area contributed by atoms with E-state index >= 15 is 0 Å². The number of rotatable bonds is 6. The highest BCUT2D eigenvalue weighted by atomic mass is 32.1. The van der Waals surface area contributed by atoms with E-state index in [0.29, 0.717) is 22.4 Å². The van der Waals surface area contributed by atoms with E-state index in [4.69, 9.17) is 0 Å². The van der Waals surface area contributed by atoms with Crippen molar-refractivity contribution in [3.63, 3.8) is 0 Å². The first-order valence-corrected chi connectivity index (χ1v) is 7.62. The Labute approximate surface area is 121 Å². The monoisotopic (exact) mass is 294 g/mol. The van der Waals surface area contributed by atoms with Crippen LogP contribution in [0.1, 0.15) is 40.8 Å². The molecule has 7 nitrogen and oxygen atoms in total. The number of aromatic nitrogens is 4. The summed E-state index contributed by atoms with van der Waals surface area (Å²) < 4.78 is 1.72. The second-order valence-electron chi connectivity index (χ2n) is 5.35. The van der Waals surface area contributed by atoms with Crippen LogP contribution in [0.2, 0.25) is 0 Å². The van der Waals surface area contributed by atoms with Crippen molar-refractivity contribution in [2.24, 2.45) is 0 Å². The van der Waals surface area contributed by atoms with E-state index in [2.05, 4.69) is 25.5 Å². The molecule has 0 aromatic carbocycles. The Kier molecular flexibility index (Phi) is 3.66. The molecule has 1 aliphatic carbocycles. The van der Waals surface area contributed by atoms with Gasteiger partial charge in [-0.05, 0) is 39.9 Å².